The van der Waals surface area contributed by atoms with Crippen molar-refractivity contribution in [1.29, 1.82) is 0 Å². The molecule has 0 amide bonds. The Hall–Kier alpha value is -2.28. The third kappa shape index (κ3) is 2.39. The van der Waals surface area contributed by atoms with Gasteiger partial charge in [-0.15, -0.1) is 11.8 Å². The van der Waals surface area contributed by atoms with Crippen LogP contribution in [0.15, 0.2) is 40.6 Å². The summed E-state index contributed by atoms with van der Waals surface area (Å²) < 4.78 is 0. The van der Waals surface area contributed by atoms with E-state index in [0.717, 1.165) is 17.0 Å². The summed E-state index contributed by atoms with van der Waals surface area (Å²) in [4.78, 5) is 23.1. The normalized spacial score (nSPS) is 12.4. The van der Waals surface area contributed by atoms with Gasteiger partial charge in [0.1, 0.15) is 11.4 Å². The number of hydrogen-bond donors (Lipinski definition) is 0. The number of hydrogen-bond acceptors (Lipinski definition) is 6. The summed E-state index contributed by atoms with van der Waals surface area (Å²) in [6, 6.07) is 6.76. The Morgan fingerprint density at radius 2 is 2.15 bits per heavy atom. The first-order valence-corrected chi connectivity index (χ1v) is 6.96. The fraction of sp³-hybridized carbons (Fsp3) is 0.154. The minimum atomic E-state index is -0.358. The fourth-order valence-electron chi connectivity index (χ4n) is 1.98. The molecule has 0 fully saturated rings. The molecule has 0 saturated carbocycles. The van der Waals surface area contributed by atoms with Crippen LogP contribution in [-0.4, -0.2) is 21.1 Å². The molecule has 100 valence electrons. The highest BCUT2D eigenvalue weighted by Crippen LogP contribution is 2.33. The second kappa shape index (κ2) is 5.38. The smallest absolute Gasteiger partial charge is 0.258 e. The standard InChI is InChI=1S/C13H10N4O2S/c18-17(19)11-4-2-1-3-9(11)7-20-13-10-5-6-14-12(10)15-8-16-13/h1-4,6,8H,5,7H2. The van der Waals surface area contributed by atoms with Crippen LogP contribution >= 0.6 is 11.8 Å². The van der Waals surface area contributed by atoms with Gasteiger partial charge in [0.2, 0.25) is 0 Å². The average molecular weight is 286 g/mol. The lowest BCUT2D eigenvalue weighted by molar-refractivity contribution is -0.385. The maximum Gasteiger partial charge on any atom is 0.273 e. The molecule has 0 spiro atoms. The van der Waals surface area contributed by atoms with E-state index in [1.807, 2.05) is 0 Å². The van der Waals surface area contributed by atoms with Crippen molar-refractivity contribution in [1.82, 2.24) is 9.97 Å². The van der Waals surface area contributed by atoms with E-state index in [0.29, 0.717) is 17.1 Å². The lowest BCUT2D eigenvalue weighted by atomic mass is 10.2. The van der Waals surface area contributed by atoms with Gasteiger partial charge in [-0.1, -0.05) is 18.2 Å². The Kier molecular flexibility index (Phi) is 3.42. The highest BCUT2D eigenvalue weighted by atomic mass is 32.2. The second-order valence-electron chi connectivity index (χ2n) is 4.17. The Labute approximate surface area is 119 Å². The molecule has 0 aliphatic carbocycles. The molecule has 0 atom stereocenters. The van der Waals surface area contributed by atoms with Gasteiger partial charge in [0.05, 0.1) is 4.92 Å². The van der Waals surface area contributed by atoms with E-state index in [1.165, 1.54) is 24.2 Å². The first kappa shape index (κ1) is 12.7. The van der Waals surface area contributed by atoms with E-state index in [4.69, 9.17) is 0 Å². The van der Waals surface area contributed by atoms with Gasteiger partial charge in [-0.05, 0) is 0 Å². The molecule has 20 heavy (non-hydrogen) atoms. The molecule has 3 rings (SSSR count). The van der Waals surface area contributed by atoms with Crippen LogP contribution < -0.4 is 0 Å². The molecule has 0 bridgehead atoms. The van der Waals surface area contributed by atoms with E-state index in [1.54, 1.807) is 24.4 Å². The number of aromatic nitrogens is 2. The lowest BCUT2D eigenvalue weighted by Gasteiger charge is -2.05. The van der Waals surface area contributed by atoms with Crippen molar-refractivity contribution in [3.63, 3.8) is 0 Å². The predicted molar refractivity (Wildman–Crippen MR) is 76.5 cm³/mol. The molecule has 0 N–H and O–H groups in total. The zero-order valence-electron chi connectivity index (χ0n) is 10.4. The molecule has 1 aromatic carbocycles. The second-order valence-corrected chi connectivity index (χ2v) is 5.14. The van der Waals surface area contributed by atoms with Gasteiger partial charge in [-0.3, -0.25) is 10.1 Å². The van der Waals surface area contributed by atoms with E-state index < -0.39 is 0 Å². The number of thioether (sulfide) groups is 1. The Morgan fingerprint density at radius 3 is 3.00 bits per heavy atom. The first-order valence-electron chi connectivity index (χ1n) is 5.97. The maximum atomic E-state index is 11.0. The van der Waals surface area contributed by atoms with Crippen LogP contribution in [0.5, 0.6) is 0 Å². The molecule has 0 saturated heterocycles. The number of fused-ring (bicyclic) bond motifs is 1. The predicted octanol–water partition coefficient (Wildman–Crippen LogP) is 2.94. The summed E-state index contributed by atoms with van der Waals surface area (Å²) in [6.45, 7) is 0. The van der Waals surface area contributed by atoms with Crippen LogP contribution in [0.2, 0.25) is 0 Å². The number of para-hydroxylation sites is 1. The summed E-state index contributed by atoms with van der Waals surface area (Å²) in [5, 5.41) is 11.8. The quantitative estimate of drug-likeness (QED) is 0.373. The number of nitro benzene ring substituents is 1. The van der Waals surface area contributed by atoms with Crippen molar-refractivity contribution >= 4 is 29.5 Å². The van der Waals surface area contributed by atoms with Gasteiger partial charge < -0.3 is 0 Å². The third-order valence-corrected chi connectivity index (χ3v) is 4.03. The number of nitro groups is 1. The maximum absolute atomic E-state index is 11.0. The van der Waals surface area contributed by atoms with Crippen molar-refractivity contribution in [3.8, 4) is 0 Å². The van der Waals surface area contributed by atoms with Crippen LogP contribution in [0.1, 0.15) is 11.1 Å². The summed E-state index contributed by atoms with van der Waals surface area (Å²) in [7, 11) is 0. The Bertz CT molecular complexity index is 703. The molecule has 2 aromatic rings. The van der Waals surface area contributed by atoms with Gasteiger partial charge in [0, 0.05) is 35.6 Å². The van der Waals surface area contributed by atoms with E-state index in [-0.39, 0.29) is 10.6 Å². The average Bonchev–Trinajstić information content (AvgIpc) is 2.94. The molecular formula is C13H10N4O2S. The van der Waals surface area contributed by atoms with Gasteiger partial charge in [0.15, 0.2) is 5.82 Å². The highest BCUT2D eigenvalue weighted by molar-refractivity contribution is 7.98. The Balaban J connectivity index is 1.82. The van der Waals surface area contributed by atoms with Gasteiger partial charge in [-0.2, -0.15) is 0 Å². The lowest BCUT2D eigenvalue weighted by Crippen LogP contribution is -1.95. The zero-order chi connectivity index (χ0) is 13.9. The first-order chi connectivity index (χ1) is 9.75. The largest absolute Gasteiger partial charge is 0.273 e. The topological polar surface area (TPSA) is 81.3 Å². The van der Waals surface area contributed by atoms with Crippen molar-refractivity contribution in [2.24, 2.45) is 4.99 Å². The van der Waals surface area contributed by atoms with Crippen molar-refractivity contribution in [2.75, 3.05) is 0 Å². The molecule has 2 heterocycles. The van der Waals surface area contributed by atoms with E-state index in [2.05, 4.69) is 15.0 Å². The number of benzene rings is 1. The third-order valence-electron chi connectivity index (χ3n) is 2.94. The van der Waals surface area contributed by atoms with Crippen molar-refractivity contribution in [2.45, 2.75) is 17.2 Å². The Morgan fingerprint density at radius 1 is 1.30 bits per heavy atom. The summed E-state index contributed by atoms with van der Waals surface area (Å²) in [5.74, 6) is 1.20. The van der Waals surface area contributed by atoms with Gasteiger partial charge in [-0.25, -0.2) is 15.0 Å². The van der Waals surface area contributed by atoms with Crippen LogP contribution in [-0.2, 0) is 12.2 Å². The number of aliphatic imine (C=N–C) groups is 1. The molecule has 1 aromatic heterocycles. The van der Waals surface area contributed by atoms with E-state index in [9.17, 15) is 10.1 Å². The molecule has 0 unspecified atom stereocenters. The highest BCUT2D eigenvalue weighted by Gasteiger charge is 2.17. The summed E-state index contributed by atoms with van der Waals surface area (Å²) in [5.41, 5.74) is 1.83. The van der Waals surface area contributed by atoms with E-state index >= 15 is 0 Å². The summed E-state index contributed by atoms with van der Waals surface area (Å²) in [6.07, 6.45) is 3.99. The van der Waals surface area contributed by atoms with Crippen LogP contribution in [0.4, 0.5) is 11.5 Å². The van der Waals surface area contributed by atoms with Crippen LogP contribution in [0.25, 0.3) is 0 Å². The van der Waals surface area contributed by atoms with Crippen molar-refractivity contribution in [3.05, 3.63) is 51.8 Å². The molecular weight excluding hydrogens is 276 g/mol. The molecule has 6 nitrogen and oxygen atoms in total. The summed E-state index contributed by atoms with van der Waals surface area (Å²) >= 11 is 1.47. The monoisotopic (exact) mass is 286 g/mol. The number of rotatable bonds is 4. The zero-order valence-corrected chi connectivity index (χ0v) is 11.2. The minimum absolute atomic E-state index is 0.141. The van der Waals surface area contributed by atoms with Gasteiger partial charge in [0.25, 0.3) is 5.69 Å². The van der Waals surface area contributed by atoms with Gasteiger partial charge >= 0.3 is 0 Å². The van der Waals surface area contributed by atoms with Crippen molar-refractivity contribution < 1.29 is 4.92 Å². The van der Waals surface area contributed by atoms with Crippen LogP contribution in [0, 0.1) is 10.1 Å². The number of nitrogens with zero attached hydrogens (tertiary/aromatic N) is 4. The fourth-order valence-corrected chi connectivity index (χ4v) is 2.99. The molecule has 1 aliphatic rings. The molecule has 1 aliphatic heterocycles. The molecule has 0 radical (unpaired) electrons. The molecule has 7 heteroatoms. The van der Waals surface area contributed by atoms with Crippen LogP contribution in [0.3, 0.4) is 0 Å². The SMILES string of the molecule is O=[N+]([O-])c1ccccc1CSc1ncnc2c1CC=N2. The minimum Gasteiger partial charge on any atom is -0.258 e.